The van der Waals surface area contributed by atoms with Gasteiger partial charge >= 0.3 is 0 Å². The zero-order valence-electron chi connectivity index (χ0n) is 12.6. The number of benzene rings is 1. The molecule has 112 valence electrons. The maximum Gasteiger partial charge on any atom is 0.128 e. The van der Waals surface area contributed by atoms with Crippen molar-refractivity contribution in [1.82, 2.24) is 4.98 Å². The van der Waals surface area contributed by atoms with Gasteiger partial charge in [-0.1, -0.05) is 23.7 Å². The van der Waals surface area contributed by atoms with E-state index in [-0.39, 0.29) is 12.5 Å². The smallest absolute Gasteiger partial charge is 0.128 e. The van der Waals surface area contributed by atoms with E-state index < -0.39 is 0 Å². The Bertz CT molecular complexity index is 611. The third-order valence-corrected chi connectivity index (χ3v) is 4.00. The number of aliphatic hydroxyl groups is 1. The topological polar surface area (TPSA) is 42.4 Å². The second-order valence-corrected chi connectivity index (χ2v) is 5.62. The summed E-state index contributed by atoms with van der Waals surface area (Å²) in [6.07, 6.45) is 2.48. The summed E-state index contributed by atoms with van der Waals surface area (Å²) < 4.78 is 5.43. The highest BCUT2D eigenvalue weighted by molar-refractivity contribution is 6.30. The van der Waals surface area contributed by atoms with Gasteiger partial charge in [-0.05, 0) is 38.0 Å². The van der Waals surface area contributed by atoms with Crippen molar-refractivity contribution >= 4 is 11.6 Å². The van der Waals surface area contributed by atoms with Crippen LogP contribution in [0.15, 0.2) is 30.5 Å². The third kappa shape index (κ3) is 3.55. The fraction of sp³-hybridized carbons (Fsp3) is 0.353. The first-order chi connectivity index (χ1) is 10.1. The lowest BCUT2D eigenvalue weighted by Gasteiger charge is -2.17. The molecule has 1 aromatic carbocycles. The Hall–Kier alpha value is -1.58. The molecule has 0 radical (unpaired) electrons. The summed E-state index contributed by atoms with van der Waals surface area (Å²) in [5.41, 5.74) is 4.06. The average molecular weight is 306 g/mol. The number of aryl methyl sites for hydroxylation is 1. The van der Waals surface area contributed by atoms with E-state index >= 15 is 0 Å². The Balaban J connectivity index is 2.29. The predicted molar refractivity (Wildman–Crippen MR) is 85.2 cm³/mol. The lowest BCUT2D eigenvalue weighted by Crippen LogP contribution is -2.11. The second-order valence-electron chi connectivity index (χ2n) is 5.18. The van der Waals surface area contributed by atoms with Gasteiger partial charge in [0.2, 0.25) is 0 Å². The van der Waals surface area contributed by atoms with E-state index in [1.54, 1.807) is 7.11 Å². The van der Waals surface area contributed by atoms with Gasteiger partial charge in [0.15, 0.2) is 0 Å². The monoisotopic (exact) mass is 305 g/mol. The molecule has 1 atom stereocenters. The molecule has 0 fully saturated rings. The Labute approximate surface area is 130 Å². The van der Waals surface area contributed by atoms with Gasteiger partial charge < -0.3 is 9.84 Å². The van der Waals surface area contributed by atoms with Crippen molar-refractivity contribution in [1.29, 1.82) is 0 Å². The number of ether oxygens (including phenoxy) is 1. The zero-order chi connectivity index (χ0) is 15.4. The highest BCUT2D eigenvalue weighted by Gasteiger charge is 2.16. The molecule has 21 heavy (non-hydrogen) atoms. The summed E-state index contributed by atoms with van der Waals surface area (Å²) in [4.78, 5) is 4.50. The van der Waals surface area contributed by atoms with E-state index in [2.05, 4.69) is 4.98 Å². The number of methoxy groups -OCH3 is 1. The van der Waals surface area contributed by atoms with Gasteiger partial charge in [0.05, 0.1) is 13.7 Å². The van der Waals surface area contributed by atoms with Crippen molar-refractivity contribution in [2.24, 2.45) is 0 Å². The minimum absolute atomic E-state index is 0.000814. The summed E-state index contributed by atoms with van der Waals surface area (Å²) in [6, 6.07) is 7.58. The number of aromatic nitrogens is 1. The number of rotatable bonds is 5. The first-order valence-electron chi connectivity index (χ1n) is 6.92. The third-order valence-electron chi connectivity index (χ3n) is 3.75. The quantitative estimate of drug-likeness (QED) is 0.916. The molecule has 2 rings (SSSR count). The molecule has 0 aliphatic carbocycles. The lowest BCUT2D eigenvalue weighted by molar-refractivity contribution is 0.263. The number of halogens is 1. The van der Waals surface area contributed by atoms with Crippen LogP contribution in [-0.2, 0) is 6.42 Å². The molecule has 0 saturated heterocycles. The molecular formula is C17H20ClNO2. The van der Waals surface area contributed by atoms with Gasteiger partial charge in [-0.3, -0.25) is 4.98 Å². The minimum Gasteiger partial charge on any atom is -0.496 e. The van der Waals surface area contributed by atoms with E-state index in [1.165, 1.54) is 0 Å². The molecule has 3 nitrogen and oxygen atoms in total. The molecule has 0 saturated carbocycles. The van der Waals surface area contributed by atoms with E-state index in [9.17, 15) is 5.11 Å². The second kappa shape index (κ2) is 6.92. The summed E-state index contributed by atoms with van der Waals surface area (Å²) in [5, 5.41) is 10.4. The SMILES string of the molecule is COc1c(C)cnc(CC(CO)c2ccc(Cl)cc2)c1C. The van der Waals surface area contributed by atoms with E-state index in [0.29, 0.717) is 11.4 Å². The first kappa shape index (κ1) is 15.8. The Morgan fingerprint density at radius 3 is 2.48 bits per heavy atom. The molecule has 0 aliphatic rings. The maximum absolute atomic E-state index is 9.69. The van der Waals surface area contributed by atoms with Gasteiger partial charge in [0, 0.05) is 34.0 Å². The molecule has 0 spiro atoms. The normalized spacial score (nSPS) is 12.2. The zero-order valence-corrected chi connectivity index (χ0v) is 13.3. The van der Waals surface area contributed by atoms with Crippen LogP contribution in [0.1, 0.15) is 28.3 Å². The number of hydrogen-bond donors (Lipinski definition) is 1. The van der Waals surface area contributed by atoms with Gasteiger partial charge in [0.25, 0.3) is 0 Å². The standard InChI is InChI=1S/C17H20ClNO2/c1-11-9-19-16(12(2)17(11)21-3)8-14(10-20)13-4-6-15(18)7-5-13/h4-7,9,14,20H,8,10H2,1-3H3. The highest BCUT2D eigenvalue weighted by Crippen LogP contribution is 2.28. The summed E-state index contributed by atoms with van der Waals surface area (Å²) in [7, 11) is 1.67. The van der Waals surface area contributed by atoms with Crippen LogP contribution in [0.25, 0.3) is 0 Å². The van der Waals surface area contributed by atoms with Crippen molar-refractivity contribution < 1.29 is 9.84 Å². The van der Waals surface area contributed by atoms with E-state index in [0.717, 1.165) is 28.1 Å². The Kier molecular flexibility index (Phi) is 5.21. The van der Waals surface area contributed by atoms with Crippen molar-refractivity contribution in [2.75, 3.05) is 13.7 Å². The summed E-state index contributed by atoms with van der Waals surface area (Å²) >= 11 is 5.91. The van der Waals surface area contributed by atoms with Crippen LogP contribution >= 0.6 is 11.6 Å². The van der Waals surface area contributed by atoms with Gasteiger partial charge in [-0.25, -0.2) is 0 Å². The lowest BCUT2D eigenvalue weighted by atomic mass is 9.93. The number of nitrogens with zero attached hydrogens (tertiary/aromatic N) is 1. The predicted octanol–water partition coefficient (Wildman–Crippen LogP) is 3.68. The molecule has 4 heteroatoms. The van der Waals surface area contributed by atoms with Crippen LogP contribution in [-0.4, -0.2) is 23.8 Å². The highest BCUT2D eigenvalue weighted by atomic mass is 35.5. The van der Waals surface area contributed by atoms with Gasteiger partial charge in [-0.2, -0.15) is 0 Å². The summed E-state index contributed by atoms with van der Waals surface area (Å²) in [6.45, 7) is 4.05. The first-order valence-corrected chi connectivity index (χ1v) is 7.30. The molecular weight excluding hydrogens is 286 g/mol. The van der Waals surface area contributed by atoms with Crippen LogP contribution in [0.2, 0.25) is 5.02 Å². The maximum atomic E-state index is 9.69. The van der Waals surface area contributed by atoms with Crippen LogP contribution in [0, 0.1) is 13.8 Å². The Morgan fingerprint density at radius 1 is 1.24 bits per heavy atom. The number of aliphatic hydroxyl groups excluding tert-OH is 1. The molecule has 0 bridgehead atoms. The fourth-order valence-corrected chi connectivity index (χ4v) is 2.66. The Morgan fingerprint density at radius 2 is 1.90 bits per heavy atom. The van der Waals surface area contributed by atoms with Gasteiger partial charge in [-0.15, -0.1) is 0 Å². The van der Waals surface area contributed by atoms with E-state index in [1.807, 2.05) is 44.3 Å². The molecule has 1 heterocycles. The largest absolute Gasteiger partial charge is 0.496 e. The van der Waals surface area contributed by atoms with Gasteiger partial charge in [0.1, 0.15) is 5.75 Å². The molecule has 1 N–H and O–H groups in total. The minimum atomic E-state index is 0.000814. The summed E-state index contributed by atoms with van der Waals surface area (Å²) in [5.74, 6) is 0.869. The average Bonchev–Trinajstić information content (AvgIpc) is 2.48. The fourth-order valence-electron chi connectivity index (χ4n) is 2.53. The van der Waals surface area contributed by atoms with Crippen LogP contribution in [0.3, 0.4) is 0 Å². The van der Waals surface area contributed by atoms with Crippen molar-refractivity contribution in [3.05, 3.63) is 57.9 Å². The molecule has 0 amide bonds. The molecule has 1 unspecified atom stereocenters. The van der Waals surface area contributed by atoms with Crippen molar-refractivity contribution in [3.63, 3.8) is 0 Å². The number of hydrogen-bond acceptors (Lipinski definition) is 3. The van der Waals surface area contributed by atoms with Crippen LogP contribution in [0.4, 0.5) is 0 Å². The molecule has 1 aromatic heterocycles. The van der Waals surface area contributed by atoms with Crippen molar-refractivity contribution in [3.8, 4) is 5.75 Å². The molecule has 0 aliphatic heterocycles. The van der Waals surface area contributed by atoms with Crippen molar-refractivity contribution in [2.45, 2.75) is 26.2 Å². The van der Waals surface area contributed by atoms with Crippen LogP contribution in [0.5, 0.6) is 5.75 Å². The number of pyridine rings is 1. The molecule has 2 aromatic rings. The van der Waals surface area contributed by atoms with Crippen LogP contribution < -0.4 is 4.74 Å². The van der Waals surface area contributed by atoms with E-state index in [4.69, 9.17) is 16.3 Å².